The van der Waals surface area contributed by atoms with Crippen LogP contribution in [0.25, 0.3) is 0 Å². The Kier molecular flexibility index (Phi) is 6.57. The average molecular weight is 219 g/mol. The molecule has 1 aliphatic rings. The highest BCUT2D eigenvalue weighted by Crippen LogP contribution is 2.05. The summed E-state index contributed by atoms with van der Waals surface area (Å²) in [5, 5.41) is 3.80. The van der Waals surface area contributed by atoms with Crippen molar-refractivity contribution in [3.05, 3.63) is 0 Å². The first-order valence-corrected chi connectivity index (χ1v) is 6.30. The van der Waals surface area contributed by atoms with Crippen LogP contribution in [0.4, 0.5) is 0 Å². The van der Waals surface area contributed by atoms with Crippen LogP contribution in [0.2, 0.25) is 0 Å². The summed E-state index contributed by atoms with van der Waals surface area (Å²) in [5.74, 6) is 0. The quantitative estimate of drug-likeness (QED) is 0.520. The van der Waals surface area contributed by atoms with Gasteiger partial charge in [0.05, 0.1) is 0 Å². The number of nitrogens with zero attached hydrogens (tertiary/aromatic N) is 1. The van der Waals surface area contributed by atoms with Crippen LogP contribution >= 0.6 is 11.6 Å². The second-order valence-corrected chi connectivity index (χ2v) is 4.97. The maximum atomic E-state index is 5.86. The van der Waals surface area contributed by atoms with Gasteiger partial charge >= 0.3 is 0 Å². The van der Waals surface area contributed by atoms with Crippen LogP contribution in [0.15, 0.2) is 0 Å². The maximum absolute atomic E-state index is 5.86. The van der Waals surface area contributed by atoms with E-state index in [0.717, 1.165) is 19.5 Å². The van der Waals surface area contributed by atoms with Gasteiger partial charge < -0.3 is 10.2 Å². The molecule has 1 rings (SSSR count). The zero-order valence-electron chi connectivity index (χ0n) is 9.27. The van der Waals surface area contributed by atoms with Crippen LogP contribution in [-0.4, -0.2) is 43.0 Å². The average Bonchev–Trinajstić information content (AvgIpc) is 2.63. The molecule has 0 bridgehead atoms. The first-order chi connectivity index (χ1) is 6.79. The fourth-order valence-corrected chi connectivity index (χ4v) is 2.03. The zero-order chi connectivity index (χ0) is 10.2. The third kappa shape index (κ3) is 5.84. The number of halogens is 1. The molecule has 1 fully saturated rings. The van der Waals surface area contributed by atoms with Gasteiger partial charge in [0, 0.05) is 18.5 Å². The molecule has 1 N–H and O–H groups in total. The Hall–Kier alpha value is 0.210. The summed E-state index contributed by atoms with van der Waals surface area (Å²) in [5.41, 5.74) is 0. The van der Waals surface area contributed by atoms with Gasteiger partial charge in [0.1, 0.15) is 0 Å². The van der Waals surface area contributed by atoms with Crippen LogP contribution in [0.1, 0.15) is 32.6 Å². The van der Waals surface area contributed by atoms with E-state index in [-0.39, 0.29) is 0 Å². The zero-order valence-corrected chi connectivity index (χ0v) is 10.0. The molecule has 0 saturated carbocycles. The van der Waals surface area contributed by atoms with Crippen molar-refractivity contribution in [1.82, 2.24) is 10.2 Å². The van der Waals surface area contributed by atoms with Crippen molar-refractivity contribution in [3.8, 4) is 0 Å². The van der Waals surface area contributed by atoms with E-state index in [4.69, 9.17) is 11.6 Å². The van der Waals surface area contributed by atoms with Gasteiger partial charge in [-0.25, -0.2) is 0 Å². The van der Waals surface area contributed by atoms with Crippen molar-refractivity contribution in [2.75, 3.05) is 32.7 Å². The molecule has 0 aromatic rings. The molecule has 0 aliphatic carbocycles. The fraction of sp³-hybridized carbons (Fsp3) is 1.00. The Balaban J connectivity index is 1.79. The molecule has 0 aromatic carbocycles. The molecule has 0 radical (unpaired) electrons. The predicted octanol–water partition coefficient (Wildman–Crippen LogP) is 2.08. The van der Waals surface area contributed by atoms with Crippen LogP contribution in [-0.2, 0) is 0 Å². The minimum absolute atomic E-state index is 0.329. The van der Waals surface area contributed by atoms with Crippen molar-refractivity contribution < 1.29 is 0 Å². The molecule has 2 nitrogen and oxygen atoms in total. The largest absolute Gasteiger partial charge is 0.315 e. The first-order valence-electron chi connectivity index (χ1n) is 5.86. The molecular weight excluding hydrogens is 196 g/mol. The number of hydrogen-bond acceptors (Lipinski definition) is 2. The van der Waals surface area contributed by atoms with E-state index in [0.29, 0.717) is 5.38 Å². The SMILES string of the molecule is CC(Cl)CCCNCCN1CCCC1. The van der Waals surface area contributed by atoms with Crippen LogP contribution in [0.3, 0.4) is 0 Å². The highest BCUT2D eigenvalue weighted by Gasteiger charge is 2.09. The van der Waals surface area contributed by atoms with Gasteiger partial charge in [-0.15, -0.1) is 11.6 Å². The molecule has 1 unspecified atom stereocenters. The molecule has 1 atom stereocenters. The molecule has 3 heteroatoms. The minimum Gasteiger partial charge on any atom is -0.315 e. The molecule has 84 valence electrons. The van der Waals surface area contributed by atoms with Gasteiger partial charge in [0.25, 0.3) is 0 Å². The van der Waals surface area contributed by atoms with E-state index in [1.54, 1.807) is 0 Å². The van der Waals surface area contributed by atoms with E-state index in [1.165, 1.54) is 38.9 Å². The third-order valence-corrected chi connectivity index (χ3v) is 2.98. The second kappa shape index (κ2) is 7.49. The van der Waals surface area contributed by atoms with Crippen LogP contribution in [0.5, 0.6) is 0 Å². The number of rotatable bonds is 7. The predicted molar refractivity (Wildman–Crippen MR) is 63.1 cm³/mol. The topological polar surface area (TPSA) is 15.3 Å². The van der Waals surface area contributed by atoms with E-state index in [2.05, 4.69) is 17.1 Å². The van der Waals surface area contributed by atoms with Crippen molar-refractivity contribution in [1.29, 1.82) is 0 Å². The highest BCUT2D eigenvalue weighted by atomic mass is 35.5. The lowest BCUT2D eigenvalue weighted by Gasteiger charge is -2.14. The number of nitrogens with one attached hydrogen (secondary N) is 1. The van der Waals surface area contributed by atoms with Gasteiger partial charge in [-0.3, -0.25) is 0 Å². The standard InChI is InChI=1S/C11H23ClN2/c1-11(12)5-4-6-13-7-10-14-8-2-3-9-14/h11,13H,2-10H2,1H3. The second-order valence-electron chi connectivity index (χ2n) is 4.22. The molecule has 14 heavy (non-hydrogen) atoms. The Morgan fingerprint density at radius 1 is 1.29 bits per heavy atom. The summed E-state index contributed by atoms with van der Waals surface area (Å²) in [6.07, 6.45) is 5.11. The Morgan fingerprint density at radius 2 is 2.00 bits per heavy atom. The van der Waals surface area contributed by atoms with Crippen LogP contribution < -0.4 is 5.32 Å². The summed E-state index contributed by atoms with van der Waals surface area (Å²) < 4.78 is 0. The fourth-order valence-electron chi connectivity index (χ4n) is 1.88. The molecule has 1 heterocycles. The van der Waals surface area contributed by atoms with Crippen LogP contribution in [0, 0.1) is 0 Å². The van der Waals surface area contributed by atoms with Gasteiger partial charge in [-0.2, -0.15) is 0 Å². The summed E-state index contributed by atoms with van der Waals surface area (Å²) in [6.45, 7) is 8.14. The van der Waals surface area contributed by atoms with E-state index >= 15 is 0 Å². The lowest BCUT2D eigenvalue weighted by atomic mass is 10.2. The Labute approximate surface area is 93.0 Å². The molecular formula is C11H23ClN2. The number of likely N-dealkylation sites (tertiary alicyclic amines) is 1. The Morgan fingerprint density at radius 3 is 2.64 bits per heavy atom. The minimum atomic E-state index is 0.329. The summed E-state index contributed by atoms with van der Waals surface area (Å²) in [6, 6.07) is 0. The summed E-state index contributed by atoms with van der Waals surface area (Å²) in [4.78, 5) is 2.54. The smallest absolute Gasteiger partial charge is 0.0308 e. The summed E-state index contributed by atoms with van der Waals surface area (Å²) >= 11 is 5.86. The molecule has 0 spiro atoms. The van der Waals surface area contributed by atoms with E-state index in [9.17, 15) is 0 Å². The number of alkyl halides is 1. The van der Waals surface area contributed by atoms with E-state index in [1.807, 2.05) is 0 Å². The normalized spacial score (nSPS) is 20.1. The molecule has 1 saturated heterocycles. The molecule has 0 aromatic heterocycles. The first kappa shape index (κ1) is 12.3. The lowest BCUT2D eigenvalue weighted by Crippen LogP contribution is -2.30. The van der Waals surface area contributed by atoms with Gasteiger partial charge in [0.2, 0.25) is 0 Å². The van der Waals surface area contributed by atoms with E-state index < -0.39 is 0 Å². The molecule has 0 amide bonds. The van der Waals surface area contributed by atoms with Gasteiger partial charge in [-0.05, 0) is 52.2 Å². The van der Waals surface area contributed by atoms with Crippen molar-refractivity contribution in [3.63, 3.8) is 0 Å². The third-order valence-electron chi connectivity index (χ3n) is 2.76. The number of hydrogen-bond donors (Lipinski definition) is 1. The van der Waals surface area contributed by atoms with Gasteiger partial charge in [0.15, 0.2) is 0 Å². The highest BCUT2D eigenvalue weighted by molar-refractivity contribution is 6.20. The lowest BCUT2D eigenvalue weighted by molar-refractivity contribution is 0.335. The molecule has 1 aliphatic heterocycles. The summed E-state index contributed by atoms with van der Waals surface area (Å²) in [7, 11) is 0. The van der Waals surface area contributed by atoms with Crippen molar-refractivity contribution in [2.24, 2.45) is 0 Å². The van der Waals surface area contributed by atoms with Crippen molar-refractivity contribution >= 4 is 11.6 Å². The van der Waals surface area contributed by atoms with Crippen molar-refractivity contribution in [2.45, 2.75) is 38.0 Å². The Bertz CT molecular complexity index is 133. The van der Waals surface area contributed by atoms with Gasteiger partial charge in [-0.1, -0.05) is 0 Å². The monoisotopic (exact) mass is 218 g/mol. The maximum Gasteiger partial charge on any atom is 0.0308 e.